The summed E-state index contributed by atoms with van der Waals surface area (Å²) in [6.07, 6.45) is 3.03. The first-order valence-electron chi connectivity index (χ1n) is 6.29. The molecule has 0 N–H and O–H groups in total. The maximum Gasteiger partial charge on any atom is 0.339 e. The molecule has 2 aromatic rings. The Hall–Kier alpha value is -2.70. The Kier molecular flexibility index (Phi) is 4.32. The van der Waals surface area contributed by atoms with Crippen LogP contribution in [0.25, 0.3) is 0 Å². The lowest BCUT2D eigenvalue weighted by atomic mass is 10.2. The minimum Gasteiger partial charge on any atom is -0.465 e. The lowest BCUT2D eigenvalue weighted by molar-refractivity contribution is 0.0600. The van der Waals surface area contributed by atoms with Crippen LogP contribution in [0.3, 0.4) is 0 Å². The predicted octanol–water partition coefficient (Wildman–Crippen LogP) is 0.539. The van der Waals surface area contributed by atoms with Crippen LogP contribution in [-0.2, 0) is 11.3 Å². The molecule has 0 aromatic carbocycles. The van der Waals surface area contributed by atoms with Gasteiger partial charge in [-0.1, -0.05) is 0 Å². The minimum atomic E-state index is -0.445. The van der Waals surface area contributed by atoms with Crippen molar-refractivity contribution in [1.82, 2.24) is 14.8 Å². The Morgan fingerprint density at radius 3 is 2.62 bits per heavy atom. The van der Waals surface area contributed by atoms with E-state index in [0.717, 1.165) is 5.69 Å². The zero-order chi connectivity index (χ0) is 15.4. The molecule has 0 atom stereocenters. The van der Waals surface area contributed by atoms with E-state index in [0.29, 0.717) is 11.3 Å². The topological polar surface area (TPSA) is 77.3 Å². The van der Waals surface area contributed by atoms with E-state index < -0.39 is 5.97 Å². The van der Waals surface area contributed by atoms with Gasteiger partial charge in [-0.25, -0.2) is 9.48 Å². The van der Waals surface area contributed by atoms with Gasteiger partial charge in [0.05, 0.1) is 36.8 Å². The van der Waals surface area contributed by atoms with Gasteiger partial charge in [-0.15, -0.1) is 0 Å². The third-order valence-electron chi connectivity index (χ3n) is 2.93. The Morgan fingerprint density at radius 1 is 1.33 bits per heavy atom. The third-order valence-corrected chi connectivity index (χ3v) is 2.93. The van der Waals surface area contributed by atoms with Crippen molar-refractivity contribution >= 4 is 11.7 Å². The van der Waals surface area contributed by atoms with Crippen molar-refractivity contribution in [1.29, 1.82) is 0 Å². The van der Waals surface area contributed by atoms with E-state index in [1.807, 2.05) is 19.0 Å². The number of nitrogens with zero attached hydrogens (tertiary/aromatic N) is 4. The molecule has 0 aliphatic rings. The normalized spacial score (nSPS) is 10.2. The van der Waals surface area contributed by atoms with Gasteiger partial charge in [-0.2, -0.15) is 5.10 Å². The third kappa shape index (κ3) is 3.44. The number of carbonyl (C=O) groups is 1. The first-order valence-corrected chi connectivity index (χ1v) is 6.29. The van der Waals surface area contributed by atoms with Crippen molar-refractivity contribution in [2.24, 2.45) is 0 Å². The number of hydrogen-bond acceptors (Lipinski definition) is 6. The summed E-state index contributed by atoms with van der Waals surface area (Å²) in [6, 6.07) is 4.78. The lowest BCUT2D eigenvalue weighted by Crippen LogP contribution is -2.25. The second-order valence-corrected chi connectivity index (χ2v) is 4.63. The number of rotatable bonds is 4. The van der Waals surface area contributed by atoms with E-state index >= 15 is 0 Å². The molecule has 2 heterocycles. The molecule has 0 spiro atoms. The maximum atomic E-state index is 11.9. The molecule has 7 nitrogen and oxygen atoms in total. The average Bonchev–Trinajstić information content (AvgIpc) is 2.49. The molecule has 0 bridgehead atoms. The molecule has 2 rings (SSSR count). The first-order chi connectivity index (χ1) is 10.0. The summed E-state index contributed by atoms with van der Waals surface area (Å²) in [5.74, 6) is -0.445. The van der Waals surface area contributed by atoms with Crippen LogP contribution in [0.5, 0.6) is 0 Å². The number of methoxy groups -OCH3 is 1. The molecule has 0 aliphatic heterocycles. The molecular weight excluding hydrogens is 272 g/mol. The number of carbonyl (C=O) groups excluding carboxylic acids is 1. The van der Waals surface area contributed by atoms with E-state index in [1.165, 1.54) is 24.1 Å². The molecular formula is C14H16N4O3. The SMILES string of the molecule is COC(=O)c1ccc(Cn2ncc(N(C)C)cc2=O)nc1. The summed E-state index contributed by atoms with van der Waals surface area (Å²) in [6.45, 7) is 0.244. The molecule has 0 amide bonds. The van der Waals surface area contributed by atoms with Gasteiger partial charge in [0.2, 0.25) is 0 Å². The van der Waals surface area contributed by atoms with E-state index in [1.54, 1.807) is 18.3 Å². The number of esters is 1. The van der Waals surface area contributed by atoms with Crippen LogP contribution >= 0.6 is 0 Å². The van der Waals surface area contributed by atoms with Crippen LogP contribution in [0.1, 0.15) is 16.1 Å². The van der Waals surface area contributed by atoms with Gasteiger partial charge < -0.3 is 9.64 Å². The first kappa shape index (κ1) is 14.7. The van der Waals surface area contributed by atoms with Gasteiger partial charge >= 0.3 is 5.97 Å². The van der Waals surface area contributed by atoms with Gasteiger partial charge in [0.1, 0.15) is 0 Å². The van der Waals surface area contributed by atoms with Gasteiger partial charge in [0.25, 0.3) is 5.56 Å². The molecule has 0 aliphatic carbocycles. The van der Waals surface area contributed by atoms with Gasteiger partial charge in [0, 0.05) is 26.4 Å². The summed E-state index contributed by atoms with van der Waals surface area (Å²) in [5.41, 5.74) is 1.53. The number of ether oxygens (including phenoxy) is 1. The Morgan fingerprint density at radius 2 is 2.10 bits per heavy atom. The van der Waals surface area contributed by atoms with E-state index in [4.69, 9.17) is 0 Å². The lowest BCUT2D eigenvalue weighted by Gasteiger charge is -2.12. The molecule has 0 saturated heterocycles. The van der Waals surface area contributed by atoms with E-state index in [2.05, 4.69) is 14.8 Å². The van der Waals surface area contributed by atoms with Gasteiger partial charge in [0.15, 0.2) is 0 Å². The minimum absolute atomic E-state index is 0.208. The number of anilines is 1. The monoisotopic (exact) mass is 288 g/mol. The Bertz CT molecular complexity index is 692. The summed E-state index contributed by atoms with van der Waals surface area (Å²) in [4.78, 5) is 29.2. The Balaban J connectivity index is 2.19. The van der Waals surface area contributed by atoms with Crippen molar-refractivity contribution in [2.75, 3.05) is 26.1 Å². The highest BCUT2D eigenvalue weighted by Crippen LogP contribution is 2.05. The van der Waals surface area contributed by atoms with Crippen molar-refractivity contribution < 1.29 is 9.53 Å². The quantitative estimate of drug-likeness (QED) is 0.764. The number of pyridine rings is 1. The average molecular weight is 288 g/mol. The second-order valence-electron chi connectivity index (χ2n) is 4.63. The zero-order valence-electron chi connectivity index (χ0n) is 12.1. The van der Waals surface area contributed by atoms with Crippen molar-refractivity contribution in [3.8, 4) is 0 Å². The standard InChI is InChI=1S/C14H16N4O3/c1-17(2)12-6-13(19)18(16-8-12)9-11-5-4-10(7-15-11)14(20)21-3/h4-8H,9H2,1-3H3. The van der Waals surface area contributed by atoms with Crippen molar-refractivity contribution in [3.05, 3.63) is 52.2 Å². The molecule has 0 saturated carbocycles. The molecule has 0 radical (unpaired) electrons. The summed E-state index contributed by atoms with van der Waals surface area (Å²) < 4.78 is 5.91. The number of hydrogen-bond donors (Lipinski definition) is 0. The predicted molar refractivity (Wildman–Crippen MR) is 77.5 cm³/mol. The highest BCUT2D eigenvalue weighted by atomic mass is 16.5. The van der Waals surface area contributed by atoms with Crippen LogP contribution in [-0.4, -0.2) is 41.9 Å². The smallest absolute Gasteiger partial charge is 0.339 e. The van der Waals surface area contributed by atoms with Crippen LogP contribution in [0, 0.1) is 0 Å². The van der Waals surface area contributed by atoms with E-state index in [-0.39, 0.29) is 12.1 Å². The van der Waals surface area contributed by atoms with Crippen LogP contribution < -0.4 is 10.5 Å². The van der Waals surface area contributed by atoms with Crippen molar-refractivity contribution in [3.63, 3.8) is 0 Å². The molecule has 2 aromatic heterocycles. The molecule has 0 fully saturated rings. The van der Waals surface area contributed by atoms with Crippen LogP contribution in [0.15, 0.2) is 35.4 Å². The fraction of sp³-hybridized carbons (Fsp3) is 0.286. The fourth-order valence-corrected chi connectivity index (χ4v) is 1.70. The maximum absolute atomic E-state index is 11.9. The van der Waals surface area contributed by atoms with Crippen LogP contribution in [0.4, 0.5) is 5.69 Å². The molecule has 0 unspecified atom stereocenters. The highest BCUT2D eigenvalue weighted by molar-refractivity contribution is 5.88. The van der Waals surface area contributed by atoms with E-state index in [9.17, 15) is 9.59 Å². The second kappa shape index (κ2) is 6.17. The van der Waals surface area contributed by atoms with Gasteiger partial charge in [-0.3, -0.25) is 9.78 Å². The fourth-order valence-electron chi connectivity index (χ4n) is 1.70. The summed E-state index contributed by atoms with van der Waals surface area (Å²) in [7, 11) is 4.99. The summed E-state index contributed by atoms with van der Waals surface area (Å²) in [5, 5.41) is 4.10. The van der Waals surface area contributed by atoms with Gasteiger partial charge in [-0.05, 0) is 12.1 Å². The number of aromatic nitrogens is 3. The summed E-state index contributed by atoms with van der Waals surface area (Å²) >= 11 is 0. The highest BCUT2D eigenvalue weighted by Gasteiger charge is 2.07. The molecule has 7 heteroatoms. The van der Waals surface area contributed by atoms with Crippen LogP contribution in [0.2, 0.25) is 0 Å². The molecule has 110 valence electrons. The largest absolute Gasteiger partial charge is 0.465 e. The zero-order valence-corrected chi connectivity index (χ0v) is 12.1. The van der Waals surface area contributed by atoms with Crippen molar-refractivity contribution in [2.45, 2.75) is 6.54 Å². The molecule has 21 heavy (non-hydrogen) atoms. The Labute approximate surface area is 121 Å².